The molecule has 1 N–H and O–H groups in total. The Morgan fingerprint density at radius 3 is 2.90 bits per heavy atom. The van der Waals surface area contributed by atoms with Gasteiger partial charge in [0.1, 0.15) is 10.4 Å². The molecule has 0 unspecified atom stereocenters. The molecule has 3 heterocycles. The van der Waals surface area contributed by atoms with E-state index in [2.05, 4.69) is 36.2 Å². The van der Waals surface area contributed by atoms with Crippen LogP contribution in [-0.4, -0.2) is 19.4 Å². The number of hydrogen-bond acceptors (Lipinski definition) is 5. The fourth-order valence-electron chi connectivity index (χ4n) is 1.94. The summed E-state index contributed by atoms with van der Waals surface area (Å²) in [5.74, 6) is 1.62. The molecule has 3 rings (SSSR count). The smallest absolute Gasteiger partial charge is 0.208 e. The van der Waals surface area contributed by atoms with Crippen molar-refractivity contribution in [2.24, 2.45) is 0 Å². The molecule has 0 spiro atoms. The zero-order valence-corrected chi connectivity index (χ0v) is 12.6. The van der Waals surface area contributed by atoms with Crippen molar-refractivity contribution in [2.45, 2.75) is 26.4 Å². The van der Waals surface area contributed by atoms with Crippen LogP contribution in [0.5, 0.6) is 0 Å². The molecule has 0 atom stereocenters. The zero-order chi connectivity index (χ0) is 13.9. The molecule has 20 heavy (non-hydrogen) atoms. The first kappa shape index (κ1) is 13.3. The van der Waals surface area contributed by atoms with Gasteiger partial charge in [0.15, 0.2) is 5.65 Å². The van der Waals surface area contributed by atoms with Gasteiger partial charge in [-0.05, 0) is 15.9 Å². The summed E-state index contributed by atoms with van der Waals surface area (Å²) in [7, 11) is 0. The first-order chi connectivity index (χ1) is 9.76. The maximum atomic E-state index is 5.55. The number of rotatable bonds is 5. The van der Waals surface area contributed by atoms with Crippen molar-refractivity contribution in [3.63, 3.8) is 0 Å². The second-order valence-electron chi connectivity index (χ2n) is 4.37. The highest BCUT2D eigenvalue weighted by Gasteiger charge is 2.05. The number of imidazole rings is 1. The van der Waals surface area contributed by atoms with E-state index in [9.17, 15) is 0 Å². The first-order valence-corrected chi connectivity index (χ1v) is 7.17. The second kappa shape index (κ2) is 5.72. The number of nitrogens with zero attached hydrogens (tertiary/aromatic N) is 4. The number of fused-ring (bicyclic) bond motifs is 1. The topological polar surface area (TPSA) is 68.2 Å². The highest BCUT2D eigenvalue weighted by molar-refractivity contribution is 9.10. The van der Waals surface area contributed by atoms with Crippen LogP contribution in [0.25, 0.3) is 5.65 Å². The number of hydrogen-bond donors (Lipinski definition) is 1. The van der Waals surface area contributed by atoms with Gasteiger partial charge in [0.2, 0.25) is 5.89 Å². The minimum Gasteiger partial charge on any atom is -0.444 e. The number of nitrogens with one attached hydrogen (secondary N) is 1. The van der Waals surface area contributed by atoms with E-state index in [4.69, 9.17) is 4.42 Å². The molecule has 0 bridgehead atoms. The van der Waals surface area contributed by atoms with E-state index in [-0.39, 0.29) is 0 Å². The van der Waals surface area contributed by atoms with E-state index in [1.165, 1.54) is 0 Å². The molecule has 3 aromatic heterocycles. The Kier molecular flexibility index (Phi) is 3.79. The molecule has 0 aliphatic rings. The summed E-state index contributed by atoms with van der Waals surface area (Å²) in [6, 6.07) is 0. The average Bonchev–Trinajstić information content (AvgIpc) is 3.06. The van der Waals surface area contributed by atoms with E-state index in [0.29, 0.717) is 19.0 Å². The van der Waals surface area contributed by atoms with Crippen LogP contribution in [0.15, 0.2) is 33.8 Å². The summed E-state index contributed by atoms with van der Waals surface area (Å²) in [5.41, 5.74) is 1.89. The summed E-state index contributed by atoms with van der Waals surface area (Å²) in [6.07, 6.45) is 8.10. The lowest BCUT2D eigenvalue weighted by molar-refractivity contribution is 0.438. The van der Waals surface area contributed by atoms with Crippen LogP contribution >= 0.6 is 15.9 Å². The van der Waals surface area contributed by atoms with Gasteiger partial charge in [0, 0.05) is 19.2 Å². The van der Waals surface area contributed by atoms with E-state index >= 15 is 0 Å². The van der Waals surface area contributed by atoms with Gasteiger partial charge >= 0.3 is 0 Å². The van der Waals surface area contributed by atoms with E-state index < -0.39 is 0 Å². The lowest BCUT2D eigenvalue weighted by Gasteiger charge is -2.03. The molecule has 6 nitrogen and oxygen atoms in total. The van der Waals surface area contributed by atoms with Crippen molar-refractivity contribution in [1.29, 1.82) is 0 Å². The minimum atomic E-state index is 0.597. The van der Waals surface area contributed by atoms with Gasteiger partial charge in [-0.15, -0.1) is 0 Å². The summed E-state index contributed by atoms with van der Waals surface area (Å²) in [4.78, 5) is 12.7. The van der Waals surface area contributed by atoms with Crippen LogP contribution < -0.4 is 5.32 Å². The maximum absolute atomic E-state index is 5.55. The van der Waals surface area contributed by atoms with E-state index in [0.717, 1.165) is 28.1 Å². The Morgan fingerprint density at radius 1 is 1.20 bits per heavy atom. The van der Waals surface area contributed by atoms with Crippen LogP contribution in [0.4, 0.5) is 0 Å². The third-order valence-corrected chi connectivity index (χ3v) is 3.38. The van der Waals surface area contributed by atoms with Crippen molar-refractivity contribution < 1.29 is 4.42 Å². The summed E-state index contributed by atoms with van der Waals surface area (Å²) in [5, 5.41) is 3.30. The molecule has 104 valence electrons. The molecule has 0 fully saturated rings. The fraction of sp³-hybridized carbons (Fsp3) is 0.308. The van der Waals surface area contributed by atoms with Crippen molar-refractivity contribution in [3.8, 4) is 0 Å². The Morgan fingerprint density at radius 2 is 2.10 bits per heavy atom. The van der Waals surface area contributed by atoms with Crippen molar-refractivity contribution in [3.05, 3.63) is 46.7 Å². The Balaban J connectivity index is 1.66. The Hall–Kier alpha value is -1.73. The number of oxazole rings is 1. The molecule has 0 aliphatic carbocycles. The zero-order valence-electron chi connectivity index (χ0n) is 11.0. The molecule has 0 amide bonds. The molecular weight excluding hydrogens is 322 g/mol. The van der Waals surface area contributed by atoms with Gasteiger partial charge in [0.25, 0.3) is 0 Å². The largest absolute Gasteiger partial charge is 0.444 e. The monoisotopic (exact) mass is 335 g/mol. The van der Waals surface area contributed by atoms with Gasteiger partial charge in [-0.25, -0.2) is 15.0 Å². The molecule has 7 heteroatoms. The maximum Gasteiger partial charge on any atom is 0.208 e. The highest BCUT2D eigenvalue weighted by Crippen LogP contribution is 2.11. The van der Waals surface area contributed by atoms with Crippen LogP contribution in [0.1, 0.15) is 24.3 Å². The summed E-state index contributed by atoms with van der Waals surface area (Å²) >= 11 is 3.36. The third kappa shape index (κ3) is 2.73. The number of halogens is 1. The van der Waals surface area contributed by atoms with Gasteiger partial charge < -0.3 is 9.73 Å². The first-order valence-electron chi connectivity index (χ1n) is 6.38. The predicted molar refractivity (Wildman–Crippen MR) is 77.1 cm³/mol. The molecule has 0 radical (unpaired) electrons. The third-order valence-electron chi connectivity index (χ3n) is 2.97. The van der Waals surface area contributed by atoms with E-state index in [1.54, 1.807) is 12.4 Å². The molecule has 3 aromatic rings. The lowest BCUT2D eigenvalue weighted by atomic mass is 10.4. The summed E-state index contributed by atoms with van der Waals surface area (Å²) < 4.78 is 8.32. The molecule has 0 aliphatic heterocycles. The standard InChI is InChI=1S/C13H14BrN5O/c1-2-10-5-18-13(20-10)7-15-3-9-4-17-12-6-16-11(14)8-19(9)12/h4-6,8,15H,2-3,7H2,1H3. The Bertz CT molecular complexity index is 720. The normalized spacial score (nSPS) is 11.3. The van der Waals surface area contributed by atoms with Gasteiger partial charge in [-0.1, -0.05) is 6.92 Å². The molecule has 0 saturated heterocycles. The lowest BCUT2D eigenvalue weighted by Crippen LogP contribution is -2.14. The van der Waals surface area contributed by atoms with Crippen molar-refractivity contribution in [2.75, 3.05) is 0 Å². The molecular formula is C13H14BrN5O. The van der Waals surface area contributed by atoms with Crippen LogP contribution in [0.2, 0.25) is 0 Å². The molecule has 0 saturated carbocycles. The van der Waals surface area contributed by atoms with Crippen LogP contribution in [0, 0.1) is 0 Å². The quantitative estimate of drug-likeness (QED) is 0.775. The second-order valence-corrected chi connectivity index (χ2v) is 5.18. The van der Waals surface area contributed by atoms with Gasteiger partial charge in [-0.3, -0.25) is 4.40 Å². The molecule has 0 aromatic carbocycles. The van der Waals surface area contributed by atoms with E-state index in [1.807, 2.05) is 23.7 Å². The number of aromatic nitrogens is 4. The SMILES string of the molecule is CCc1cnc(CNCc2cnc3cnc(Br)cn23)o1. The van der Waals surface area contributed by atoms with Crippen molar-refractivity contribution in [1.82, 2.24) is 24.7 Å². The van der Waals surface area contributed by atoms with Crippen LogP contribution in [0.3, 0.4) is 0 Å². The van der Waals surface area contributed by atoms with Crippen molar-refractivity contribution >= 4 is 21.6 Å². The fourth-order valence-corrected chi connectivity index (χ4v) is 2.24. The minimum absolute atomic E-state index is 0.597. The average molecular weight is 336 g/mol. The van der Waals surface area contributed by atoms with Gasteiger partial charge in [0.05, 0.1) is 30.8 Å². The summed E-state index contributed by atoms with van der Waals surface area (Å²) in [6.45, 7) is 3.32. The predicted octanol–water partition coefficient (Wildman–Crippen LogP) is 2.33. The number of aryl methyl sites for hydroxylation is 1. The van der Waals surface area contributed by atoms with Gasteiger partial charge in [-0.2, -0.15) is 0 Å². The Labute approximate surface area is 124 Å². The van der Waals surface area contributed by atoms with Crippen LogP contribution in [-0.2, 0) is 19.5 Å². The highest BCUT2D eigenvalue weighted by atomic mass is 79.9.